The Morgan fingerprint density at radius 2 is 2.15 bits per heavy atom. The lowest BCUT2D eigenvalue weighted by atomic mass is 10.4. The minimum Gasteiger partial charge on any atom is -0.464 e. The first-order valence-electron chi connectivity index (χ1n) is 4.71. The first-order valence-corrected chi connectivity index (χ1v) is 4.71. The van der Waals surface area contributed by atoms with Gasteiger partial charge in [0.15, 0.2) is 6.10 Å². The molecule has 0 aromatic carbocycles. The van der Waals surface area contributed by atoms with Crippen LogP contribution in [0.1, 0.15) is 20.8 Å². The lowest BCUT2D eigenvalue weighted by Gasteiger charge is -2.11. The van der Waals surface area contributed by atoms with Gasteiger partial charge in [-0.1, -0.05) is 6.92 Å². The fraction of sp³-hybridized carbons (Fsp3) is 0.889. The summed E-state index contributed by atoms with van der Waals surface area (Å²) in [6.45, 7) is 8.12. The van der Waals surface area contributed by atoms with Gasteiger partial charge in [-0.15, -0.1) is 0 Å². The SMILES string of the molecule is CCNCCOC(C)C(=O)OCC. The van der Waals surface area contributed by atoms with Gasteiger partial charge in [0.25, 0.3) is 0 Å². The molecule has 4 heteroatoms. The zero-order chi connectivity index (χ0) is 10.1. The van der Waals surface area contributed by atoms with Crippen LogP contribution in [0.2, 0.25) is 0 Å². The fourth-order valence-electron chi connectivity index (χ4n) is 0.812. The highest BCUT2D eigenvalue weighted by Gasteiger charge is 2.13. The van der Waals surface area contributed by atoms with Crippen molar-refractivity contribution in [3.05, 3.63) is 0 Å². The Balaban J connectivity index is 3.38. The van der Waals surface area contributed by atoms with Crippen molar-refractivity contribution in [2.45, 2.75) is 26.9 Å². The molecule has 13 heavy (non-hydrogen) atoms. The van der Waals surface area contributed by atoms with Crippen LogP contribution in [-0.4, -0.2) is 38.4 Å². The summed E-state index contributed by atoms with van der Waals surface area (Å²) in [6.07, 6.45) is -0.460. The molecule has 0 spiro atoms. The van der Waals surface area contributed by atoms with Gasteiger partial charge in [0.2, 0.25) is 0 Å². The molecule has 0 aromatic heterocycles. The highest BCUT2D eigenvalue weighted by Crippen LogP contribution is 1.93. The summed E-state index contributed by atoms with van der Waals surface area (Å²) in [4.78, 5) is 11.0. The number of hydrogen-bond donors (Lipinski definition) is 1. The molecule has 0 bridgehead atoms. The predicted molar refractivity (Wildman–Crippen MR) is 50.6 cm³/mol. The van der Waals surface area contributed by atoms with Gasteiger partial charge in [-0.25, -0.2) is 4.79 Å². The molecule has 78 valence electrons. The van der Waals surface area contributed by atoms with Crippen LogP contribution in [0.5, 0.6) is 0 Å². The molecule has 0 aliphatic rings. The second-order valence-electron chi connectivity index (χ2n) is 2.62. The van der Waals surface area contributed by atoms with Crippen LogP contribution in [0, 0.1) is 0 Å². The highest BCUT2D eigenvalue weighted by molar-refractivity contribution is 5.74. The van der Waals surface area contributed by atoms with Crippen LogP contribution >= 0.6 is 0 Å². The summed E-state index contributed by atoms with van der Waals surface area (Å²) >= 11 is 0. The van der Waals surface area contributed by atoms with Gasteiger partial charge in [-0.3, -0.25) is 0 Å². The largest absolute Gasteiger partial charge is 0.464 e. The number of ether oxygens (including phenoxy) is 2. The number of nitrogens with one attached hydrogen (secondary N) is 1. The van der Waals surface area contributed by atoms with Crippen molar-refractivity contribution >= 4 is 5.97 Å². The molecule has 0 aromatic rings. The van der Waals surface area contributed by atoms with E-state index >= 15 is 0 Å². The number of rotatable bonds is 7. The summed E-state index contributed by atoms with van der Waals surface area (Å²) in [5.41, 5.74) is 0. The quantitative estimate of drug-likeness (QED) is 0.469. The van der Waals surface area contributed by atoms with Crippen LogP contribution in [0.25, 0.3) is 0 Å². The van der Waals surface area contributed by atoms with Crippen molar-refractivity contribution in [3.63, 3.8) is 0 Å². The molecule has 0 aliphatic heterocycles. The number of hydrogen-bond acceptors (Lipinski definition) is 4. The predicted octanol–water partition coefficient (Wildman–Crippen LogP) is 0.564. The van der Waals surface area contributed by atoms with Crippen LogP contribution < -0.4 is 5.32 Å². The minimum absolute atomic E-state index is 0.293. The second kappa shape index (κ2) is 8.01. The molecule has 0 heterocycles. The lowest BCUT2D eigenvalue weighted by Crippen LogP contribution is -2.27. The molecule has 1 unspecified atom stereocenters. The zero-order valence-electron chi connectivity index (χ0n) is 8.63. The van der Waals surface area contributed by atoms with Crippen molar-refractivity contribution < 1.29 is 14.3 Å². The standard InChI is InChI=1S/C9H19NO3/c1-4-10-6-7-13-8(3)9(11)12-5-2/h8,10H,4-7H2,1-3H3. The maximum absolute atomic E-state index is 11.0. The zero-order valence-corrected chi connectivity index (χ0v) is 8.63. The summed E-state index contributed by atoms with van der Waals surface area (Å²) in [5, 5.41) is 3.10. The first-order chi connectivity index (χ1) is 6.22. The van der Waals surface area contributed by atoms with E-state index in [2.05, 4.69) is 5.32 Å². The molecule has 0 saturated heterocycles. The van der Waals surface area contributed by atoms with Gasteiger partial charge in [0, 0.05) is 6.54 Å². The number of carbonyl (C=O) groups excluding carboxylic acids is 1. The van der Waals surface area contributed by atoms with E-state index < -0.39 is 6.10 Å². The third-order valence-electron chi connectivity index (χ3n) is 1.52. The minimum atomic E-state index is -0.460. The first kappa shape index (κ1) is 12.4. The Kier molecular flexibility index (Phi) is 7.63. The Hall–Kier alpha value is -0.610. The Bertz CT molecular complexity index is 139. The van der Waals surface area contributed by atoms with Crippen molar-refractivity contribution in [3.8, 4) is 0 Å². The normalized spacial score (nSPS) is 12.5. The molecule has 0 saturated carbocycles. The average molecular weight is 189 g/mol. The van der Waals surface area contributed by atoms with E-state index in [-0.39, 0.29) is 5.97 Å². The van der Waals surface area contributed by atoms with Crippen LogP contribution in [0.15, 0.2) is 0 Å². The summed E-state index contributed by atoms with van der Waals surface area (Å²) < 4.78 is 10.00. The van der Waals surface area contributed by atoms with Crippen molar-refractivity contribution in [2.75, 3.05) is 26.3 Å². The average Bonchev–Trinajstić information content (AvgIpc) is 2.12. The van der Waals surface area contributed by atoms with Crippen LogP contribution in [0.4, 0.5) is 0 Å². The van der Waals surface area contributed by atoms with E-state index in [0.717, 1.165) is 13.1 Å². The van der Waals surface area contributed by atoms with Gasteiger partial charge in [-0.2, -0.15) is 0 Å². The summed E-state index contributed by atoms with van der Waals surface area (Å²) in [6, 6.07) is 0. The summed E-state index contributed by atoms with van der Waals surface area (Å²) in [5.74, 6) is -0.293. The smallest absolute Gasteiger partial charge is 0.334 e. The van der Waals surface area contributed by atoms with E-state index in [1.54, 1.807) is 13.8 Å². The third kappa shape index (κ3) is 6.54. The maximum atomic E-state index is 11.0. The number of carbonyl (C=O) groups is 1. The van der Waals surface area contributed by atoms with E-state index in [9.17, 15) is 4.79 Å². The Morgan fingerprint density at radius 3 is 2.69 bits per heavy atom. The van der Waals surface area contributed by atoms with E-state index in [4.69, 9.17) is 9.47 Å². The highest BCUT2D eigenvalue weighted by atomic mass is 16.6. The van der Waals surface area contributed by atoms with Gasteiger partial charge in [0.05, 0.1) is 13.2 Å². The number of likely N-dealkylation sites (N-methyl/N-ethyl adjacent to an activating group) is 1. The monoisotopic (exact) mass is 189 g/mol. The van der Waals surface area contributed by atoms with E-state index in [1.807, 2.05) is 6.92 Å². The van der Waals surface area contributed by atoms with Crippen LogP contribution in [-0.2, 0) is 14.3 Å². The number of esters is 1. The van der Waals surface area contributed by atoms with Crippen LogP contribution in [0.3, 0.4) is 0 Å². The maximum Gasteiger partial charge on any atom is 0.334 e. The molecular weight excluding hydrogens is 170 g/mol. The molecule has 1 atom stereocenters. The van der Waals surface area contributed by atoms with Gasteiger partial charge in [0.1, 0.15) is 0 Å². The summed E-state index contributed by atoms with van der Waals surface area (Å²) in [7, 11) is 0. The molecule has 0 rings (SSSR count). The van der Waals surface area contributed by atoms with Gasteiger partial charge < -0.3 is 14.8 Å². The van der Waals surface area contributed by atoms with Gasteiger partial charge in [-0.05, 0) is 20.4 Å². The third-order valence-corrected chi connectivity index (χ3v) is 1.52. The van der Waals surface area contributed by atoms with Crippen molar-refractivity contribution in [2.24, 2.45) is 0 Å². The molecule has 0 aliphatic carbocycles. The van der Waals surface area contributed by atoms with E-state index in [1.165, 1.54) is 0 Å². The molecule has 4 nitrogen and oxygen atoms in total. The van der Waals surface area contributed by atoms with Crippen molar-refractivity contribution in [1.82, 2.24) is 5.32 Å². The fourth-order valence-corrected chi connectivity index (χ4v) is 0.812. The van der Waals surface area contributed by atoms with Gasteiger partial charge >= 0.3 is 5.97 Å². The topological polar surface area (TPSA) is 47.6 Å². The Labute approximate surface area is 79.6 Å². The Morgan fingerprint density at radius 1 is 1.46 bits per heavy atom. The molecular formula is C9H19NO3. The molecule has 1 N–H and O–H groups in total. The molecule has 0 radical (unpaired) electrons. The molecule has 0 amide bonds. The van der Waals surface area contributed by atoms with E-state index in [0.29, 0.717) is 13.2 Å². The lowest BCUT2D eigenvalue weighted by molar-refractivity contribution is -0.155. The van der Waals surface area contributed by atoms with Crippen molar-refractivity contribution in [1.29, 1.82) is 0 Å². The molecule has 0 fully saturated rings. The second-order valence-corrected chi connectivity index (χ2v) is 2.62.